The molecule has 1 heterocycles. The van der Waals surface area contributed by atoms with Gasteiger partial charge < -0.3 is 10.6 Å². The Balaban J connectivity index is 1.82. The molecule has 1 aliphatic rings. The molecule has 0 amide bonds. The molecule has 1 atom stereocenters. The molecule has 0 bridgehead atoms. The SMILES string of the molecule is CC(CCN)CN1CCN(c2cccc(Cl)c2)CC1. The quantitative estimate of drug-likeness (QED) is 0.900. The Morgan fingerprint density at radius 1 is 1.26 bits per heavy atom. The molecule has 2 rings (SSSR count). The second-order valence-electron chi connectivity index (χ2n) is 5.45. The molecule has 0 saturated carbocycles. The predicted molar refractivity (Wildman–Crippen MR) is 82.9 cm³/mol. The molecule has 3 nitrogen and oxygen atoms in total. The average Bonchev–Trinajstić information content (AvgIpc) is 2.40. The number of anilines is 1. The minimum absolute atomic E-state index is 0.697. The Hall–Kier alpha value is -0.770. The molecular weight excluding hydrogens is 258 g/mol. The first kappa shape index (κ1) is 14.6. The molecule has 0 spiro atoms. The van der Waals surface area contributed by atoms with Crippen LogP contribution in [0.15, 0.2) is 24.3 Å². The van der Waals surface area contributed by atoms with E-state index in [1.807, 2.05) is 18.2 Å². The average molecular weight is 282 g/mol. The van der Waals surface area contributed by atoms with E-state index in [2.05, 4.69) is 22.8 Å². The lowest BCUT2D eigenvalue weighted by Crippen LogP contribution is -2.47. The van der Waals surface area contributed by atoms with Gasteiger partial charge in [-0.25, -0.2) is 0 Å². The minimum Gasteiger partial charge on any atom is -0.369 e. The Labute approximate surface area is 121 Å². The van der Waals surface area contributed by atoms with Crippen LogP contribution in [0.3, 0.4) is 0 Å². The van der Waals surface area contributed by atoms with Gasteiger partial charge in [-0.3, -0.25) is 4.90 Å². The number of benzene rings is 1. The Kier molecular flexibility index (Phi) is 5.49. The van der Waals surface area contributed by atoms with Crippen LogP contribution in [0.2, 0.25) is 5.02 Å². The molecule has 2 N–H and O–H groups in total. The highest BCUT2D eigenvalue weighted by atomic mass is 35.5. The van der Waals surface area contributed by atoms with Gasteiger partial charge in [-0.15, -0.1) is 0 Å². The summed E-state index contributed by atoms with van der Waals surface area (Å²) in [5.74, 6) is 0.697. The summed E-state index contributed by atoms with van der Waals surface area (Å²) in [5.41, 5.74) is 6.85. The molecular formula is C15H24ClN3. The number of nitrogens with two attached hydrogens (primary N) is 1. The number of nitrogens with zero attached hydrogens (tertiary/aromatic N) is 2. The van der Waals surface area contributed by atoms with Crippen LogP contribution < -0.4 is 10.6 Å². The highest BCUT2D eigenvalue weighted by Crippen LogP contribution is 2.21. The van der Waals surface area contributed by atoms with E-state index in [0.717, 1.165) is 44.2 Å². The maximum Gasteiger partial charge on any atom is 0.0426 e. The second-order valence-corrected chi connectivity index (χ2v) is 5.89. The van der Waals surface area contributed by atoms with Crippen LogP contribution in [0.4, 0.5) is 5.69 Å². The van der Waals surface area contributed by atoms with E-state index in [1.165, 1.54) is 12.2 Å². The standard InChI is InChI=1S/C15H24ClN3/c1-13(5-6-17)12-18-7-9-19(10-8-18)15-4-2-3-14(16)11-15/h2-4,11,13H,5-10,12,17H2,1H3. The van der Waals surface area contributed by atoms with Crippen LogP contribution in [-0.4, -0.2) is 44.2 Å². The van der Waals surface area contributed by atoms with E-state index in [0.29, 0.717) is 5.92 Å². The first-order valence-electron chi connectivity index (χ1n) is 7.12. The van der Waals surface area contributed by atoms with Gasteiger partial charge in [-0.05, 0) is 37.1 Å². The van der Waals surface area contributed by atoms with Crippen molar-refractivity contribution in [3.05, 3.63) is 29.3 Å². The van der Waals surface area contributed by atoms with Gasteiger partial charge in [0.1, 0.15) is 0 Å². The third kappa shape index (κ3) is 4.37. The zero-order valence-corrected chi connectivity index (χ0v) is 12.4. The fourth-order valence-electron chi connectivity index (χ4n) is 2.68. The fraction of sp³-hybridized carbons (Fsp3) is 0.600. The number of halogens is 1. The number of rotatable bonds is 5. The van der Waals surface area contributed by atoms with Gasteiger partial charge in [0, 0.05) is 43.4 Å². The number of hydrogen-bond acceptors (Lipinski definition) is 3. The maximum atomic E-state index is 6.05. The summed E-state index contributed by atoms with van der Waals surface area (Å²) in [4.78, 5) is 4.96. The summed E-state index contributed by atoms with van der Waals surface area (Å²) in [6.07, 6.45) is 1.12. The molecule has 1 unspecified atom stereocenters. The molecule has 1 aliphatic heterocycles. The van der Waals surface area contributed by atoms with Crippen molar-refractivity contribution in [3.63, 3.8) is 0 Å². The highest BCUT2D eigenvalue weighted by molar-refractivity contribution is 6.30. The first-order chi connectivity index (χ1) is 9.19. The molecule has 19 heavy (non-hydrogen) atoms. The molecule has 0 aliphatic carbocycles. The van der Waals surface area contributed by atoms with Crippen molar-refractivity contribution in [2.45, 2.75) is 13.3 Å². The first-order valence-corrected chi connectivity index (χ1v) is 7.50. The van der Waals surface area contributed by atoms with Crippen LogP contribution in [0, 0.1) is 5.92 Å². The van der Waals surface area contributed by atoms with E-state index in [4.69, 9.17) is 17.3 Å². The molecule has 0 aromatic heterocycles. The molecule has 1 saturated heterocycles. The minimum atomic E-state index is 0.697. The topological polar surface area (TPSA) is 32.5 Å². The van der Waals surface area contributed by atoms with E-state index in [1.54, 1.807) is 0 Å². The van der Waals surface area contributed by atoms with Crippen molar-refractivity contribution in [1.29, 1.82) is 0 Å². The third-order valence-electron chi connectivity index (χ3n) is 3.77. The number of piperazine rings is 1. The van der Waals surface area contributed by atoms with Crippen molar-refractivity contribution in [2.75, 3.05) is 44.2 Å². The highest BCUT2D eigenvalue weighted by Gasteiger charge is 2.18. The van der Waals surface area contributed by atoms with E-state index >= 15 is 0 Å². The summed E-state index contributed by atoms with van der Waals surface area (Å²) >= 11 is 6.05. The summed E-state index contributed by atoms with van der Waals surface area (Å²) in [6.45, 7) is 8.66. The summed E-state index contributed by atoms with van der Waals surface area (Å²) in [5, 5.41) is 0.816. The smallest absolute Gasteiger partial charge is 0.0426 e. The van der Waals surface area contributed by atoms with Crippen LogP contribution in [0.5, 0.6) is 0 Å². The Bertz CT molecular complexity index is 389. The zero-order valence-electron chi connectivity index (χ0n) is 11.7. The van der Waals surface area contributed by atoms with Gasteiger partial charge in [0.2, 0.25) is 0 Å². The zero-order chi connectivity index (χ0) is 13.7. The maximum absolute atomic E-state index is 6.05. The Morgan fingerprint density at radius 2 is 2.00 bits per heavy atom. The number of hydrogen-bond donors (Lipinski definition) is 1. The van der Waals surface area contributed by atoms with Crippen molar-refractivity contribution in [1.82, 2.24) is 4.90 Å². The van der Waals surface area contributed by atoms with Gasteiger partial charge in [0.15, 0.2) is 0 Å². The fourth-order valence-corrected chi connectivity index (χ4v) is 2.86. The largest absolute Gasteiger partial charge is 0.369 e. The molecule has 1 aromatic carbocycles. The van der Waals surface area contributed by atoms with E-state index in [-0.39, 0.29) is 0 Å². The molecule has 1 fully saturated rings. The molecule has 1 aromatic rings. The van der Waals surface area contributed by atoms with E-state index in [9.17, 15) is 0 Å². The Morgan fingerprint density at radius 3 is 2.63 bits per heavy atom. The lowest BCUT2D eigenvalue weighted by atomic mass is 10.1. The molecule has 106 valence electrons. The van der Waals surface area contributed by atoms with Crippen LogP contribution >= 0.6 is 11.6 Å². The van der Waals surface area contributed by atoms with Crippen LogP contribution in [-0.2, 0) is 0 Å². The van der Waals surface area contributed by atoms with Crippen molar-refractivity contribution >= 4 is 17.3 Å². The normalized spacial score (nSPS) is 18.6. The molecule has 4 heteroatoms. The second kappa shape index (κ2) is 7.13. The van der Waals surface area contributed by atoms with Gasteiger partial charge in [-0.1, -0.05) is 24.6 Å². The van der Waals surface area contributed by atoms with Crippen molar-refractivity contribution in [3.8, 4) is 0 Å². The van der Waals surface area contributed by atoms with Crippen LogP contribution in [0.1, 0.15) is 13.3 Å². The lowest BCUT2D eigenvalue weighted by molar-refractivity contribution is 0.221. The van der Waals surface area contributed by atoms with Crippen molar-refractivity contribution in [2.24, 2.45) is 11.7 Å². The summed E-state index contributed by atoms with van der Waals surface area (Å²) in [6, 6.07) is 8.13. The van der Waals surface area contributed by atoms with Gasteiger partial charge in [0.05, 0.1) is 0 Å². The summed E-state index contributed by atoms with van der Waals surface area (Å²) < 4.78 is 0. The van der Waals surface area contributed by atoms with Gasteiger partial charge in [0.25, 0.3) is 0 Å². The van der Waals surface area contributed by atoms with Crippen molar-refractivity contribution < 1.29 is 0 Å². The monoisotopic (exact) mass is 281 g/mol. The van der Waals surface area contributed by atoms with E-state index < -0.39 is 0 Å². The lowest BCUT2D eigenvalue weighted by Gasteiger charge is -2.37. The predicted octanol–water partition coefficient (Wildman–Crippen LogP) is 2.45. The van der Waals surface area contributed by atoms with Gasteiger partial charge in [-0.2, -0.15) is 0 Å². The third-order valence-corrected chi connectivity index (χ3v) is 4.01. The van der Waals surface area contributed by atoms with Gasteiger partial charge >= 0.3 is 0 Å². The molecule has 0 radical (unpaired) electrons. The summed E-state index contributed by atoms with van der Waals surface area (Å²) in [7, 11) is 0. The van der Waals surface area contributed by atoms with Crippen LogP contribution in [0.25, 0.3) is 0 Å².